The maximum atomic E-state index is 6.09. The van der Waals surface area contributed by atoms with Crippen LogP contribution in [-0.2, 0) is 0 Å². The molecule has 5 nitrogen and oxygen atoms in total. The predicted molar refractivity (Wildman–Crippen MR) is 85.8 cm³/mol. The van der Waals surface area contributed by atoms with Gasteiger partial charge in [-0.25, -0.2) is 4.98 Å². The van der Waals surface area contributed by atoms with Crippen LogP contribution in [0.15, 0.2) is 24.5 Å². The normalized spacial score (nSPS) is 11.3. The summed E-state index contributed by atoms with van der Waals surface area (Å²) in [5, 5.41) is 3.24. The van der Waals surface area contributed by atoms with Crippen LogP contribution in [0.2, 0.25) is 0 Å². The third-order valence-corrected chi connectivity index (χ3v) is 3.03. The Balaban J connectivity index is 2.28. The summed E-state index contributed by atoms with van der Waals surface area (Å²) in [5.41, 5.74) is 8.74. The van der Waals surface area contributed by atoms with E-state index in [-0.39, 0.29) is 5.54 Å². The molecule has 0 aliphatic heterocycles. The second-order valence-electron chi connectivity index (χ2n) is 6.16. The van der Waals surface area contributed by atoms with Gasteiger partial charge in [-0.3, -0.25) is 0 Å². The Hall–Kier alpha value is -2.30. The average molecular weight is 286 g/mol. The van der Waals surface area contributed by atoms with E-state index in [1.54, 1.807) is 0 Å². The Kier molecular flexibility index (Phi) is 4.02. The molecule has 0 fully saturated rings. The molecule has 0 saturated heterocycles. The lowest BCUT2D eigenvalue weighted by atomic mass is 10.1. The molecule has 0 amide bonds. The quantitative estimate of drug-likeness (QED) is 0.900. The summed E-state index contributed by atoms with van der Waals surface area (Å²) >= 11 is 0. The molecular formula is C16H22N4O. The number of aryl methyl sites for hydroxylation is 2. The fraction of sp³-hybridized carbons (Fsp3) is 0.375. The first-order valence-corrected chi connectivity index (χ1v) is 6.90. The van der Waals surface area contributed by atoms with Crippen molar-refractivity contribution in [2.75, 3.05) is 11.1 Å². The van der Waals surface area contributed by atoms with Crippen LogP contribution in [0.4, 0.5) is 11.5 Å². The number of hydrogen-bond donors (Lipinski definition) is 2. The minimum Gasteiger partial charge on any atom is -0.437 e. The van der Waals surface area contributed by atoms with Crippen molar-refractivity contribution in [3.63, 3.8) is 0 Å². The number of nitrogens with one attached hydrogen (secondary N) is 1. The molecule has 2 rings (SSSR count). The zero-order valence-electron chi connectivity index (χ0n) is 13.2. The highest BCUT2D eigenvalue weighted by Gasteiger charge is 2.16. The van der Waals surface area contributed by atoms with Gasteiger partial charge in [0.1, 0.15) is 17.8 Å². The third-order valence-electron chi connectivity index (χ3n) is 3.03. The molecule has 0 aliphatic carbocycles. The summed E-state index contributed by atoms with van der Waals surface area (Å²) in [5.74, 6) is 1.65. The minimum atomic E-state index is -0.139. The van der Waals surface area contributed by atoms with Crippen molar-refractivity contribution in [2.24, 2.45) is 0 Å². The first kappa shape index (κ1) is 15.1. The predicted octanol–water partition coefficient (Wildman–Crippen LogP) is 3.68. The topological polar surface area (TPSA) is 73.1 Å². The number of hydrogen-bond acceptors (Lipinski definition) is 5. The van der Waals surface area contributed by atoms with Gasteiger partial charge in [0, 0.05) is 5.54 Å². The van der Waals surface area contributed by atoms with E-state index in [9.17, 15) is 0 Å². The smallest absolute Gasteiger partial charge is 0.248 e. The van der Waals surface area contributed by atoms with Crippen molar-refractivity contribution in [1.82, 2.24) is 9.97 Å². The molecule has 3 N–H and O–H groups in total. The highest BCUT2D eigenvalue weighted by molar-refractivity contribution is 5.67. The lowest BCUT2D eigenvalue weighted by molar-refractivity contribution is 0.463. The second kappa shape index (κ2) is 5.60. The summed E-state index contributed by atoms with van der Waals surface area (Å²) in [7, 11) is 0. The van der Waals surface area contributed by atoms with Gasteiger partial charge in [0.25, 0.3) is 0 Å². The van der Waals surface area contributed by atoms with Crippen LogP contribution >= 0.6 is 0 Å². The second-order valence-corrected chi connectivity index (χ2v) is 6.16. The third kappa shape index (κ3) is 3.84. The van der Waals surface area contributed by atoms with Gasteiger partial charge in [-0.05, 0) is 57.9 Å². The van der Waals surface area contributed by atoms with E-state index in [1.165, 1.54) is 11.9 Å². The monoisotopic (exact) mass is 286 g/mol. The molecule has 112 valence electrons. The molecule has 21 heavy (non-hydrogen) atoms. The fourth-order valence-electron chi connectivity index (χ4n) is 1.80. The zero-order valence-corrected chi connectivity index (χ0v) is 13.2. The number of rotatable bonds is 3. The van der Waals surface area contributed by atoms with Gasteiger partial charge in [0.15, 0.2) is 5.82 Å². The molecule has 1 aromatic heterocycles. The molecule has 2 aromatic rings. The molecule has 0 bridgehead atoms. The highest BCUT2D eigenvalue weighted by Crippen LogP contribution is 2.31. The summed E-state index contributed by atoms with van der Waals surface area (Å²) in [6, 6.07) is 5.88. The van der Waals surface area contributed by atoms with Gasteiger partial charge in [-0.15, -0.1) is 0 Å². The number of aromatic nitrogens is 2. The van der Waals surface area contributed by atoms with Gasteiger partial charge in [0.05, 0.1) is 0 Å². The van der Waals surface area contributed by atoms with Gasteiger partial charge in [-0.2, -0.15) is 4.98 Å². The van der Waals surface area contributed by atoms with Crippen molar-refractivity contribution in [3.8, 4) is 11.6 Å². The van der Waals surface area contributed by atoms with Crippen LogP contribution in [0.5, 0.6) is 11.6 Å². The zero-order chi connectivity index (χ0) is 15.6. The molecule has 0 atom stereocenters. The molecule has 0 unspecified atom stereocenters. The maximum absolute atomic E-state index is 6.09. The van der Waals surface area contributed by atoms with E-state index in [0.717, 1.165) is 5.56 Å². The Bertz CT molecular complexity index is 647. The number of ether oxygens (including phenoxy) is 1. The number of anilines is 2. The van der Waals surface area contributed by atoms with Crippen molar-refractivity contribution in [3.05, 3.63) is 35.7 Å². The maximum Gasteiger partial charge on any atom is 0.248 e. The first-order valence-electron chi connectivity index (χ1n) is 6.90. The summed E-state index contributed by atoms with van der Waals surface area (Å²) < 4.78 is 5.78. The highest BCUT2D eigenvalue weighted by atomic mass is 16.5. The number of benzene rings is 1. The van der Waals surface area contributed by atoms with Crippen molar-refractivity contribution in [2.45, 2.75) is 40.2 Å². The first-order chi connectivity index (χ1) is 9.76. The Morgan fingerprint density at radius 2 is 1.81 bits per heavy atom. The number of nitrogens with zero attached hydrogens (tertiary/aromatic N) is 2. The van der Waals surface area contributed by atoms with Crippen LogP contribution in [0.1, 0.15) is 31.9 Å². The van der Waals surface area contributed by atoms with Crippen LogP contribution in [0.25, 0.3) is 0 Å². The van der Waals surface area contributed by atoms with E-state index >= 15 is 0 Å². The molecule has 0 saturated carbocycles. The van der Waals surface area contributed by atoms with Crippen LogP contribution < -0.4 is 15.8 Å². The number of nitrogen functional groups attached to an aromatic ring is 1. The largest absolute Gasteiger partial charge is 0.437 e. The average Bonchev–Trinajstić information content (AvgIpc) is 2.37. The lowest BCUT2D eigenvalue weighted by Gasteiger charge is -2.22. The van der Waals surface area contributed by atoms with Crippen LogP contribution in [0, 0.1) is 13.8 Å². The van der Waals surface area contributed by atoms with Gasteiger partial charge in [-0.1, -0.05) is 6.07 Å². The van der Waals surface area contributed by atoms with E-state index in [1.807, 2.05) is 45.9 Å². The Morgan fingerprint density at radius 1 is 1.10 bits per heavy atom. The van der Waals surface area contributed by atoms with Crippen molar-refractivity contribution < 1.29 is 4.74 Å². The van der Waals surface area contributed by atoms with E-state index in [4.69, 9.17) is 10.5 Å². The minimum absolute atomic E-state index is 0.139. The van der Waals surface area contributed by atoms with Gasteiger partial charge in [0.2, 0.25) is 5.88 Å². The Labute approximate surface area is 125 Å². The van der Waals surface area contributed by atoms with E-state index in [0.29, 0.717) is 23.1 Å². The van der Waals surface area contributed by atoms with Crippen molar-refractivity contribution >= 4 is 11.5 Å². The SMILES string of the molecule is Cc1ccc(Oc2ncnc(NC(C)(C)C)c2N)cc1C. The summed E-state index contributed by atoms with van der Waals surface area (Å²) in [6.45, 7) is 10.2. The van der Waals surface area contributed by atoms with Crippen LogP contribution in [0.3, 0.4) is 0 Å². The van der Waals surface area contributed by atoms with E-state index in [2.05, 4.69) is 22.2 Å². The van der Waals surface area contributed by atoms with E-state index < -0.39 is 0 Å². The molecule has 1 heterocycles. The van der Waals surface area contributed by atoms with Crippen LogP contribution in [-0.4, -0.2) is 15.5 Å². The fourth-order valence-corrected chi connectivity index (χ4v) is 1.80. The molecule has 5 heteroatoms. The summed E-state index contributed by atoms with van der Waals surface area (Å²) in [4.78, 5) is 8.29. The van der Waals surface area contributed by atoms with Gasteiger partial charge >= 0.3 is 0 Å². The molecule has 0 aliphatic rings. The molecule has 0 radical (unpaired) electrons. The molecule has 1 aromatic carbocycles. The van der Waals surface area contributed by atoms with Crippen molar-refractivity contribution in [1.29, 1.82) is 0 Å². The standard InChI is InChI=1S/C16H22N4O/c1-10-6-7-12(8-11(10)2)21-15-13(17)14(18-9-19-15)20-16(3,4)5/h6-9H,17H2,1-5H3,(H,18,19,20). The Morgan fingerprint density at radius 3 is 2.43 bits per heavy atom. The van der Waals surface area contributed by atoms with Gasteiger partial charge < -0.3 is 15.8 Å². The lowest BCUT2D eigenvalue weighted by Crippen LogP contribution is -2.27. The molecular weight excluding hydrogens is 264 g/mol. The molecule has 0 spiro atoms. The number of nitrogens with two attached hydrogens (primary N) is 1. The summed E-state index contributed by atoms with van der Waals surface area (Å²) in [6.07, 6.45) is 1.45.